The summed E-state index contributed by atoms with van der Waals surface area (Å²) in [5, 5.41) is 8.24. The van der Waals surface area contributed by atoms with Crippen molar-refractivity contribution in [1.29, 1.82) is 0 Å². The molecular formula is C6H20O5Si3. The van der Waals surface area contributed by atoms with Gasteiger partial charge in [-0.3, -0.25) is 0 Å². The summed E-state index contributed by atoms with van der Waals surface area (Å²) >= 11 is 0. The highest BCUT2D eigenvalue weighted by molar-refractivity contribution is 6.50. The molecule has 14 heavy (non-hydrogen) atoms. The fourth-order valence-corrected chi connectivity index (χ4v) is 6.10. The van der Waals surface area contributed by atoms with Crippen molar-refractivity contribution in [3.8, 4) is 0 Å². The molecule has 0 spiro atoms. The van der Waals surface area contributed by atoms with Crippen LogP contribution in [0.4, 0.5) is 0 Å². The molecule has 0 aromatic carbocycles. The van der Waals surface area contributed by atoms with Crippen LogP contribution in [0.25, 0.3) is 0 Å². The molecule has 0 radical (unpaired) electrons. The molecule has 0 bridgehead atoms. The van der Waals surface area contributed by atoms with E-state index in [1.165, 1.54) is 0 Å². The second-order valence-corrected chi connectivity index (χ2v) is 8.26. The van der Waals surface area contributed by atoms with Crippen LogP contribution in [-0.4, -0.2) is 54.9 Å². The van der Waals surface area contributed by atoms with Gasteiger partial charge in [0.2, 0.25) is 0 Å². The molecule has 1 saturated heterocycles. The number of hydrogen-bond donors (Lipinski definition) is 1. The van der Waals surface area contributed by atoms with Crippen molar-refractivity contribution < 1.29 is 22.2 Å². The molecule has 1 aliphatic rings. The van der Waals surface area contributed by atoms with Crippen molar-refractivity contribution in [2.45, 2.75) is 19.8 Å². The van der Waals surface area contributed by atoms with Gasteiger partial charge in [0, 0.05) is 6.61 Å². The van der Waals surface area contributed by atoms with Crippen LogP contribution in [-0.2, 0) is 17.1 Å². The van der Waals surface area contributed by atoms with Gasteiger partial charge in [0.05, 0.1) is 13.2 Å². The normalized spacial score (nSPS) is 21.0. The summed E-state index contributed by atoms with van der Waals surface area (Å²) < 4.78 is 19.8. The van der Waals surface area contributed by atoms with E-state index in [2.05, 4.69) is 6.92 Å². The zero-order chi connectivity index (χ0) is 10.5. The van der Waals surface area contributed by atoms with Crippen LogP contribution in [0, 0.1) is 0 Å². The number of ether oxygens (including phenoxy) is 1. The molecule has 0 atom stereocenters. The molecule has 1 heterocycles. The standard InChI is InChI=1S/C6H14O2.H6O3Si3/c1-2-3-5-8-6-4-7;1-4-2-6-3-5-1/h7H,2-6H2,1H3;4-6H2. The van der Waals surface area contributed by atoms with Crippen LogP contribution in [0.3, 0.4) is 0 Å². The summed E-state index contributed by atoms with van der Waals surface area (Å²) in [6.07, 6.45) is 2.26. The molecule has 86 valence electrons. The van der Waals surface area contributed by atoms with Crippen molar-refractivity contribution in [2.75, 3.05) is 19.8 Å². The zero-order valence-corrected chi connectivity index (χ0v) is 13.0. The highest BCUT2D eigenvalue weighted by Gasteiger charge is 1.96. The van der Waals surface area contributed by atoms with E-state index in [-0.39, 0.29) is 6.61 Å². The molecule has 1 rings (SSSR count). The third-order valence-electron chi connectivity index (χ3n) is 1.38. The smallest absolute Gasteiger partial charge is 0.286 e. The van der Waals surface area contributed by atoms with Gasteiger partial charge < -0.3 is 22.2 Å². The molecule has 1 aliphatic heterocycles. The average Bonchev–Trinajstić information content (AvgIpc) is 2.28. The Morgan fingerprint density at radius 3 is 2.00 bits per heavy atom. The van der Waals surface area contributed by atoms with Crippen LogP contribution < -0.4 is 0 Å². The molecule has 5 nitrogen and oxygen atoms in total. The molecule has 0 aromatic rings. The van der Waals surface area contributed by atoms with E-state index < -0.39 is 30.0 Å². The van der Waals surface area contributed by atoms with Gasteiger partial charge >= 0.3 is 0 Å². The average molecular weight is 256 g/mol. The van der Waals surface area contributed by atoms with Gasteiger partial charge in [0.25, 0.3) is 30.0 Å². The quantitative estimate of drug-likeness (QED) is 0.449. The van der Waals surface area contributed by atoms with Gasteiger partial charge in [0.1, 0.15) is 0 Å². The SMILES string of the molecule is CCCCOCCO.O1[SiH2]O[SiH2]O[SiH2]1. The molecule has 0 saturated carbocycles. The first-order chi connectivity index (χ1) is 6.91. The van der Waals surface area contributed by atoms with Crippen molar-refractivity contribution in [2.24, 2.45) is 0 Å². The van der Waals surface area contributed by atoms with Crippen molar-refractivity contribution in [3.05, 3.63) is 0 Å². The molecule has 0 aromatic heterocycles. The minimum absolute atomic E-state index is 0.143. The van der Waals surface area contributed by atoms with Gasteiger partial charge in [-0.2, -0.15) is 0 Å². The Kier molecular flexibility index (Phi) is 13.9. The number of aliphatic hydroxyl groups excluding tert-OH is 1. The molecule has 0 amide bonds. The summed E-state index contributed by atoms with van der Waals surface area (Å²) in [4.78, 5) is 0. The van der Waals surface area contributed by atoms with E-state index in [1.807, 2.05) is 0 Å². The number of hydrogen-bond acceptors (Lipinski definition) is 5. The second-order valence-electron chi connectivity index (χ2n) is 2.66. The summed E-state index contributed by atoms with van der Waals surface area (Å²) in [5.41, 5.74) is 0. The molecule has 0 unspecified atom stereocenters. The number of aliphatic hydroxyl groups is 1. The number of rotatable bonds is 5. The molecular weight excluding hydrogens is 236 g/mol. The second kappa shape index (κ2) is 13.5. The summed E-state index contributed by atoms with van der Waals surface area (Å²) in [6, 6.07) is 0. The molecule has 1 fully saturated rings. The number of unbranched alkanes of at least 4 members (excludes halogenated alkanes) is 1. The van der Waals surface area contributed by atoms with Gasteiger partial charge in [-0.25, -0.2) is 0 Å². The lowest BCUT2D eigenvalue weighted by Crippen LogP contribution is -2.23. The Hall–Kier alpha value is 0.451. The van der Waals surface area contributed by atoms with E-state index >= 15 is 0 Å². The maximum absolute atomic E-state index is 8.24. The van der Waals surface area contributed by atoms with Crippen LogP contribution in [0.15, 0.2) is 0 Å². The van der Waals surface area contributed by atoms with E-state index in [0.29, 0.717) is 6.61 Å². The third-order valence-corrected chi connectivity index (χ3v) is 5.38. The molecule has 1 N–H and O–H groups in total. The van der Waals surface area contributed by atoms with Gasteiger partial charge in [0.15, 0.2) is 0 Å². The topological polar surface area (TPSA) is 57.2 Å². The van der Waals surface area contributed by atoms with Crippen LogP contribution >= 0.6 is 0 Å². The van der Waals surface area contributed by atoms with Crippen molar-refractivity contribution in [3.63, 3.8) is 0 Å². The lowest BCUT2D eigenvalue weighted by atomic mass is 10.4. The van der Waals surface area contributed by atoms with E-state index in [4.69, 9.17) is 22.2 Å². The third kappa shape index (κ3) is 12.5. The lowest BCUT2D eigenvalue weighted by Gasteiger charge is -2.10. The monoisotopic (exact) mass is 256 g/mol. The molecule has 8 heteroatoms. The zero-order valence-electron chi connectivity index (χ0n) is 8.74. The first kappa shape index (κ1) is 14.5. The highest BCUT2D eigenvalue weighted by atomic mass is 28.4. The maximum Gasteiger partial charge on any atom is 0.286 e. The first-order valence-electron chi connectivity index (χ1n) is 4.83. The van der Waals surface area contributed by atoms with E-state index in [9.17, 15) is 0 Å². The van der Waals surface area contributed by atoms with Crippen LogP contribution in [0.2, 0.25) is 0 Å². The minimum atomic E-state index is -0.493. The predicted octanol–water partition coefficient (Wildman–Crippen LogP) is -2.16. The Morgan fingerprint density at radius 1 is 1.07 bits per heavy atom. The predicted molar refractivity (Wildman–Crippen MR) is 61.7 cm³/mol. The van der Waals surface area contributed by atoms with Gasteiger partial charge in [-0.05, 0) is 6.42 Å². The largest absolute Gasteiger partial charge is 0.425 e. The fourth-order valence-electron chi connectivity index (χ4n) is 0.692. The summed E-state index contributed by atoms with van der Waals surface area (Å²) in [5.74, 6) is 0. The van der Waals surface area contributed by atoms with Gasteiger partial charge in [-0.1, -0.05) is 13.3 Å². The summed E-state index contributed by atoms with van der Waals surface area (Å²) in [7, 11) is -1.48. The van der Waals surface area contributed by atoms with Crippen molar-refractivity contribution in [1.82, 2.24) is 0 Å². The Balaban J connectivity index is 0.000000249. The first-order valence-corrected chi connectivity index (χ1v) is 8.30. The van der Waals surface area contributed by atoms with E-state index in [1.54, 1.807) is 0 Å². The summed E-state index contributed by atoms with van der Waals surface area (Å²) in [6.45, 7) is 3.53. The Labute approximate surface area is 92.3 Å². The fraction of sp³-hybridized carbons (Fsp3) is 1.00. The maximum atomic E-state index is 8.24. The minimum Gasteiger partial charge on any atom is -0.425 e. The van der Waals surface area contributed by atoms with Gasteiger partial charge in [-0.15, -0.1) is 0 Å². The lowest BCUT2D eigenvalue weighted by molar-refractivity contribution is 0.0904. The highest BCUT2D eigenvalue weighted by Crippen LogP contribution is 1.85. The van der Waals surface area contributed by atoms with Crippen LogP contribution in [0.5, 0.6) is 0 Å². The Bertz CT molecular complexity index is 86.0. The Morgan fingerprint density at radius 2 is 1.64 bits per heavy atom. The van der Waals surface area contributed by atoms with E-state index in [0.717, 1.165) is 19.4 Å². The van der Waals surface area contributed by atoms with Crippen LogP contribution in [0.1, 0.15) is 19.8 Å². The molecule has 0 aliphatic carbocycles. The van der Waals surface area contributed by atoms with Crippen molar-refractivity contribution >= 4 is 30.0 Å².